The number of carbonyl (C=O) groups excluding carboxylic acids is 2. The Morgan fingerprint density at radius 1 is 1.17 bits per heavy atom. The number of nitrogens with zero attached hydrogens (tertiary/aromatic N) is 2. The molecule has 2 amide bonds. The number of H-pyrrole nitrogens is 1. The zero-order valence-corrected chi connectivity index (χ0v) is 13.9. The van der Waals surface area contributed by atoms with Crippen molar-refractivity contribution in [3.05, 3.63) is 34.3 Å². The number of hydrogen-bond acceptors (Lipinski definition) is 4. The first kappa shape index (κ1) is 16.3. The molecule has 0 aliphatic carbocycles. The number of fused-ring (bicyclic) bond motifs is 1. The van der Waals surface area contributed by atoms with Crippen LogP contribution in [0.3, 0.4) is 0 Å². The van der Waals surface area contributed by atoms with Gasteiger partial charge in [-0.3, -0.25) is 14.6 Å². The van der Waals surface area contributed by atoms with Crippen LogP contribution in [0, 0.1) is 5.92 Å². The van der Waals surface area contributed by atoms with Crippen molar-refractivity contribution in [2.45, 2.75) is 20.3 Å². The van der Waals surface area contributed by atoms with E-state index >= 15 is 0 Å². The van der Waals surface area contributed by atoms with Crippen molar-refractivity contribution in [2.75, 3.05) is 26.2 Å². The lowest BCUT2D eigenvalue weighted by Crippen LogP contribution is -2.51. The molecule has 7 heteroatoms. The van der Waals surface area contributed by atoms with E-state index in [1.165, 1.54) is 0 Å². The van der Waals surface area contributed by atoms with Gasteiger partial charge >= 0.3 is 5.76 Å². The number of benzene rings is 1. The molecule has 128 valence electrons. The molecule has 1 aromatic heterocycles. The van der Waals surface area contributed by atoms with Gasteiger partial charge in [0.25, 0.3) is 0 Å². The van der Waals surface area contributed by atoms with E-state index in [0.29, 0.717) is 37.3 Å². The molecular formula is C17H21N3O4. The molecule has 7 nitrogen and oxygen atoms in total. The summed E-state index contributed by atoms with van der Waals surface area (Å²) in [6, 6.07) is 5.24. The molecule has 1 N–H and O–H groups in total. The smallest absolute Gasteiger partial charge is 0.408 e. The second-order valence-corrected chi connectivity index (χ2v) is 6.38. The number of carbonyl (C=O) groups is 2. The minimum atomic E-state index is -0.501. The molecule has 0 saturated carbocycles. The molecule has 0 radical (unpaired) electrons. The first-order chi connectivity index (χ1) is 11.4. The Morgan fingerprint density at radius 2 is 1.83 bits per heavy atom. The number of aromatic nitrogens is 1. The van der Waals surface area contributed by atoms with E-state index in [0.717, 1.165) is 5.56 Å². The molecule has 1 aliphatic heterocycles. The van der Waals surface area contributed by atoms with E-state index in [2.05, 4.69) is 4.98 Å². The maximum Gasteiger partial charge on any atom is 0.417 e. The predicted octanol–water partition coefficient (Wildman–Crippen LogP) is 0.990. The van der Waals surface area contributed by atoms with Gasteiger partial charge in [-0.15, -0.1) is 0 Å². The highest BCUT2D eigenvalue weighted by Gasteiger charge is 2.25. The van der Waals surface area contributed by atoms with Gasteiger partial charge in [-0.1, -0.05) is 19.9 Å². The summed E-state index contributed by atoms with van der Waals surface area (Å²) in [4.78, 5) is 41.8. The first-order valence-electron chi connectivity index (χ1n) is 8.12. The average molecular weight is 331 g/mol. The number of oxazole rings is 1. The van der Waals surface area contributed by atoms with Crippen LogP contribution >= 0.6 is 0 Å². The van der Waals surface area contributed by atoms with Crippen LogP contribution in [-0.4, -0.2) is 52.8 Å². The Labute approximate surface area is 139 Å². The van der Waals surface area contributed by atoms with Crippen LogP contribution in [0.2, 0.25) is 0 Å². The summed E-state index contributed by atoms with van der Waals surface area (Å²) >= 11 is 0. The first-order valence-corrected chi connectivity index (χ1v) is 8.12. The molecule has 0 bridgehead atoms. The summed E-state index contributed by atoms with van der Waals surface area (Å²) in [6.07, 6.45) is 0.265. The summed E-state index contributed by atoms with van der Waals surface area (Å²) in [6.45, 7) is 6.05. The standard InChI is InChI=1S/C17H21N3O4/c1-11(2)16(22)20-7-5-19(6-8-20)15(21)10-12-3-4-14-13(9-12)18-17(23)24-14/h3-4,9,11H,5-8,10H2,1-2H3,(H,18,23). The number of amides is 2. The maximum atomic E-state index is 12.4. The van der Waals surface area contributed by atoms with Gasteiger partial charge in [-0.05, 0) is 17.7 Å². The SMILES string of the molecule is CC(C)C(=O)N1CCN(C(=O)Cc2ccc3oc(=O)[nH]c3c2)CC1. The Hall–Kier alpha value is -2.57. The van der Waals surface area contributed by atoms with E-state index in [1.807, 2.05) is 18.7 Å². The molecule has 24 heavy (non-hydrogen) atoms. The van der Waals surface area contributed by atoms with Crippen molar-refractivity contribution in [1.29, 1.82) is 0 Å². The van der Waals surface area contributed by atoms with Crippen molar-refractivity contribution in [3.63, 3.8) is 0 Å². The van der Waals surface area contributed by atoms with E-state index in [9.17, 15) is 14.4 Å². The van der Waals surface area contributed by atoms with Gasteiger partial charge in [0, 0.05) is 32.1 Å². The van der Waals surface area contributed by atoms with Gasteiger partial charge in [0.05, 0.1) is 11.9 Å². The summed E-state index contributed by atoms with van der Waals surface area (Å²) in [5.41, 5.74) is 1.90. The number of piperazine rings is 1. The zero-order chi connectivity index (χ0) is 17.3. The van der Waals surface area contributed by atoms with Gasteiger partial charge in [-0.2, -0.15) is 0 Å². The summed E-state index contributed by atoms with van der Waals surface area (Å²) in [5, 5.41) is 0. The van der Waals surface area contributed by atoms with Crippen LogP contribution in [0.25, 0.3) is 11.1 Å². The van der Waals surface area contributed by atoms with Crippen LogP contribution in [0.4, 0.5) is 0 Å². The number of aromatic amines is 1. The largest absolute Gasteiger partial charge is 0.417 e. The normalized spacial score (nSPS) is 15.3. The van der Waals surface area contributed by atoms with Crippen LogP contribution in [0.15, 0.2) is 27.4 Å². The molecular weight excluding hydrogens is 310 g/mol. The Bertz CT molecular complexity index is 813. The molecule has 1 aliphatic rings. The lowest BCUT2D eigenvalue weighted by Gasteiger charge is -2.35. The minimum absolute atomic E-state index is 0.0175. The van der Waals surface area contributed by atoms with E-state index in [4.69, 9.17) is 4.42 Å². The topological polar surface area (TPSA) is 86.6 Å². The second-order valence-electron chi connectivity index (χ2n) is 6.38. The molecule has 0 atom stereocenters. The van der Waals surface area contributed by atoms with Crippen LogP contribution < -0.4 is 5.76 Å². The lowest BCUT2D eigenvalue weighted by molar-refractivity contribution is -0.141. The van der Waals surface area contributed by atoms with Gasteiger partial charge in [0.1, 0.15) is 0 Å². The Balaban J connectivity index is 1.61. The van der Waals surface area contributed by atoms with Crippen LogP contribution in [-0.2, 0) is 16.0 Å². The van der Waals surface area contributed by atoms with Crippen molar-refractivity contribution in [1.82, 2.24) is 14.8 Å². The third-order valence-corrected chi connectivity index (χ3v) is 4.28. The fourth-order valence-corrected chi connectivity index (χ4v) is 2.94. The number of hydrogen-bond donors (Lipinski definition) is 1. The third-order valence-electron chi connectivity index (χ3n) is 4.28. The van der Waals surface area contributed by atoms with E-state index in [1.54, 1.807) is 23.1 Å². The van der Waals surface area contributed by atoms with Gasteiger partial charge in [-0.25, -0.2) is 4.79 Å². The lowest BCUT2D eigenvalue weighted by atomic mass is 10.1. The van der Waals surface area contributed by atoms with Gasteiger partial charge < -0.3 is 14.2 Å². The summed E-state index contributed by atoms with van der Waals surface area (Å²) < 4.78 is 4.95. The van der Waals surface area contributed by atoms with Crippen molar-refractivity contribution in [2.24, 2.45) is 5.92 Å². The zero-order valence-electron chi connectivity index (χ0n) is 13.9. The molecule has 0 spiro atoms. The van der Waals surface area contributed by atoms with Gasteiger partial charge in [0.2, 0.25) is 11.8 Å². The summed E-state index contributed by atoms with van der Waals surface area (Å²) in [5.74, 6) is -0.358. The van der Waals surface area contributed by atoms with E-state index < -0.39 is 5.76 Å². The molecule has 2 heterocycles. The molecule has 0 unspecified atom stereocenters. The van der Waals surface area contributed by atoms with E-state index in [-0.39, 0.29) is 24.2 Å². The highest BCUT2D eigenvalue weighted by Crippen LogP contribution is 2.14. The van der Waals surface area contributed by atoms with Crippen molar-refractivity contribution in [3.8, 4) is 0 Å². The van der Waals surface area contributed by atoms with Crippen molar-refractivity contribution >= 4 is 22.9 Å². The number of nitrogens with one attached hydrogen (secondary N) is 1. The van der Waals surface area contributed by atoms with Crippen LogP contribution in [0.5, 0.6) is 0 Å². The Kier molecular flexibility index (Phi) is 4.42. The highest BCUT2D eigenvalue weighted by atomic mass is 16.4. The third kappa shape index (κ3) is 3.34. The molecule has 2 aromatic rings. The van der Waals surface area contributed by atoms with Crippen molar-refractivity contribution < 1.29 is 14.0 Å². The van der Waals surface area contributed by atoms with Crippen LogP contribution in [0.1, 0.15) is 19.4 Å². The summed E-state index contributed by atoms with van der Waals surface area (Å²) in [7, 11) is 0. The quantitative estimate of drug-likeness (QED) is 0.909. The minimum Gasteiger partial charge on any atom is -0.408 e. The average Bonchev–Trinajstić information content (AvgIpc) is 2.93. The molecule has 1 saturated heterocycles. The predicted molar refractivity (Wildman–Crippen MR) is 88.5 cm³/mol. The fraction of sp³-hybridized carbons (Fsp3) is 0.471. The monoisotopic (exact) mass is 331 g/mol. The second kappa shape index (κ2) is 6.51. The van der Waals surface area contributed by atoms with Gasteiger partial charge in [0.15, 0.2) is 5.58 Å². The fourth-order valence-electron chi connectivity index (χ4n) is 2.94. The molecule has 1 aromatic carbocycles. The maximum absolute atomic E-state index is 12.4. The Morgan fingerprint density at radius 3 is 2.50 bits per heavy atom. The molecule has 1 fully saturated rings. The molecule has 3 rings (SSSR count). The highest BCUT2D eigenvalue weighted by molar-refractivity contribution is 5.82. The number of rotatable bonds is 3.